The molecule has 246 valence electrons. The quantitative estimate of drug-likeness (QED) is 0.157. The summed E-state index contributed by atoms with van der Waals surface area (Å²) < 4.78 is 11.4. The highest BCUT2D eigenvalue weighted by atomic mass is 16.5. The molecule has 0 aliphatic rings. The van der Waals surface area contributed by atoms with Gasteiger partial charge in [0.05, 0.1) is 36.2 Å². The Hall–Kier alpha value is -5.24. The van der Waals surface area contributed by atoms with E-state index in [2.05, 4.69) is 116 Å². The lowest BCUT2D eigenvalue weighted by Gasteiger charge is -2.11. The van der Waals surface area contributed by atoms with Gasteiger partial charge in [-0.2, -0.15) is 15.3 Å². The lowest BCUT2D eigenvalue weighted by Crippen LogP contribution is -2.06. The Morgan fingerprint density at radius 2 is 1.54 bits per heavy atom. The average molecular weight is 640 g/mol. The number of ether oxygens (including phenoxy) is 1. The zero-order chi connectivity index (χ0) is 33.9. The van der Waals surface area contributed by atoms with Crippen LogP contribution in [0, 0.1) is 13.8 Å². The molecule has 8 heteroatoms. The number of nitrogens with zero attached hydrogens (tertiary/aromatic N) is 7. The van der Waals surface area contributed by atoms with Gasteiger partial charge < -0.3 is 4.74 Å². The summed E-state index contributed by atoms with van der Waals surface area (Å²) in [6.07, 6.45) is 4.24. The highest BCUT2D eigenvalue weighted by Crippen LogP contribution is 2.37. The zero-order valence-electron chi connectivity index (χ0n) is 29.3. The highest BCUT2D eigenvalue weighted by molar-refractivity contribution is 5.94. The minimum Gasteiger partial charge on any atom is -0.497 e. The number of hydrogen-bond acceptors (Lipinski definition) is 5. The van der Waals surface area contributed by atoms with Crippen LogP contribution in [0.1, 0.15) is 74.5 Å². The first-order chi connectivity index (χ1) is 23.3. The molecule has 0 radical (unpaired) electrons. The minimum absolute atomic E-state index is 0.274. The van der Waals surface area contributed by atoms with Crippen LogP contribution < -0.4 is 4.74 Å². The Labute approximate surface area is 283 Å². The molecule has 0 saturated carbocycles. The number of methoxy groups -OCH3 is 1. The topological polar surface area (TPSA) is 75.6 Å². The fraction of sp³-hybridized carbons (Fsp3) is 0.300. The number of fused-ring (bicyclic) bond motifs is 2. The molecule has 1 atom stereocenters. The summed E-state index contributed by atoms with van der Waals surface area (Å²) in [5.41, 5.74) is 10.4. The van der Waals surface area contributed by atoms with Crippen molar-refractivity contribution in [1.29, 1.82) is 0 Å². The van der Waals surface area contributed by atoms with Crippen LogP contribution >= 0.6 is 0 Å². The largest absolute Gasteiger partial charge is 0.497 e. The minimum atomic E-state index is 0.274. The Morgan fingerprint density at radius 3 is 2.25 bits per heavy atom. The van der Waals surface area contributed by atoms with Gasteiger partial charge in [0.1, 0.15) is 5.75 Å². The SMILES string of the molecule is CC.COc1ccc(Cn2cc3cc(-n4nc(-c5cccc6nn(CC(C)c7ccccc7)cc56)c(C(C)C)c4C)c(C)nc3n2)cc1. The van der Waals surface area contributed by atoms with Gasteiger partial charge in [0.2, 0.25) is 0 Å². The van der Waals surface area contributed by atoms with Crippen molar-refractivity contribution < 1.29 is 4.74 Å². The van der Waals surface area contributed by atoms with Gasteiger partial charge in [-0.05, 0) is 55.2 Å². The molecule has 7 aromatic rings. The lowest BCUT2D eigenvalue weighted by atomic mass is 9.95. The van der Waals surface area contributed by atoms with Crippen LogP contribution in [0.25, 0.3) is 38.9 Å². The summed E-state index contributed by atoms with van der Waals surface area (Å²) in [5.74, 6) is 1.46. The van der Waals surface area contributed by atoms with Crippen LogP contribution in [0.4, 0.5) is 0 Å². The van der Waals surface area contributed by atoms with Crippen LogP contribution in [-0.2, 0) is 13.1 Å². The summed E-state index contributed by atoms with van der Waals surface area (Å²) in [7, 11) is 1.68. The predicted octanol–water partition coefficient (Wildman–Crippen LogP) is 9.26. The molecular weight excluding hydrogens is 594 g/mol. The van der Waals surface area contributed by atoms with Crippen LogP contribution in [0.3, 0.4) is 0 Å². The number of rotatable bonds is 9. The summed E-state index contributed by atoms with van der Waals surface area (Å²) in [6.45, 7) is 16.4. The van der Waals surface area contributed by atoms with Gasteiger partial charge in [0.25, 0.3) is 0 Å². The monoisotopic (exact) mass is 639 g/mol. The van der Waals surface area contributed by atoms with Crippen molar-refractivity contribution in [2.75, 3.05) is 7.11 Å². The van der Waals surface area contributed by atoms with Gasteiger partial charge in [-0.1, -0.05) is 89.2 Å². The van der Waals surface area contributed by atoms with E-state index in [1.54, 1.807) is 7.11 Å². The molecule has 0 aliphatic heterocycles. The molecule has 0 saturated heterocycles. The Balaban J connectivity index is 0.00000197. The first-order valence-electron chi connectivity index (χ1n) is 16.9. The Morgan fingerprint density at radius 1 is 0.792 bits per heavy atom. The van der Waals surface area contributed by atoms with E-state index in [9.17, 15) is 0 Å². The molecule has 4 aromatic heterocycles. The van der Waals surface area contributed by atoms with Crippen LogP contribution in [0.5, 0.6) is 5.75 Å². The maximum absolute atomic E-state index is 5.30. The average Bonchev–Trinajstić information content (AvgIpc) is 3.79. The maximum atomic E-state index is 5.30. The second-order valence-electron chi connectivity index (χ2n) is 12.5. The van der Waals surface area contributed by atoms with Gasteiger partial charge in [-0.15, -0.1) is 0 Å². The number of hydrogen-bond donors (Lipinski definition) is 0. The fourth-order valence-electron chi connectivity index (χ4n) is 6.50. The molecule has 0 fully saturated rings. The molecule has 48 heavy (non-hydrogen) atoms. The second kappa shape index (κ2) is 13.9. The Bertz CT molecular complexity index is 2150. The van der Waals surface area contributed by atoms with Gasteiger partial charge in [-0.25, -0.2) is 9.67 Å². The van der Waals surface area contributed by atoms with Crippen molar-refractivity contribution >= 4 is 21.9 Å². The molecule has 1 unspecified atom stereocenters. The van der Waals surface area contributed by atoms with Crippen molar-refractivity contribution in [3.05, 3.63) is 119 Å². The summed E-state index contributed by atoms with van der Waals surface area (Å²) in [5, 5.41) is 17.1. The molecule has 3 aromatic carbocycles. The van der Waals surface area contributed by atoms with Crippen molar-refractivity contribution in [1.82, 2.24) is 34.3 Å². The molecular formula is C40H45N7O. The zero-order valence-corrected chi connectivity index (χ0v) is 29.3. The second-order valence-corrected chi connectivity index (χ2v) is 12.5. The van der Waals surface area contributed by atoms with Crippen molar-refractivity contribution in [2.24, 2.45) is 0 Å². The molecule has 0 N–H and O–H groups in total. The van der Waals surface area contributed by atoms with E-state index in [-0.39, 0.29) is 5.92 Å². The molecule has 0 aliphatic carbocycles. The van der Waals surface area contributed by atoms with Gasteiger partial charge in [-0.3, -0.25) is 9.36 Å². The number of benzene rings is 3. The predicted molar refractivity (Wildman–Crippen MR) is 195 cm³/mol. The summed E-state index contributed by atoms with van der Waals surface area (Å²) in [6, 6.07) is 27.2. The molecule has 0 spiro atoms. The standard InChI is InChI=1S/C38H39N7O.C2H6/c1-24(2)36-27(5)45(35-19-30-22-44(42-38(30)39-26(35)4)21-28-15-17-31(46-6)18-16-28)41-37(36)32-13-10-14-34-33(32)23-43(40-34)20-25(3)29-11-8-7-9-12-29;1-2/h7-19,22-25H,20-21H2,1-6H3;1-2H3. The molecule has 7 rings (SSSR count). The van der Waals surface area contributed by atoms with Gasteiger partial charge in [0.15, 0.2) is 5.65 Å². The van der Waals surface area contributed by atoms with E-state index in [1.165, 1.54) is 11.1 Å². The van der Waals surface area contributed by atoms with E-state index >= 15 is 0 Å². The number of aromatic nitrogens is 7. The third-order valence-electron chi connectivity index (χ3n) is 8.86. The van der Waals surface area contributed by atoms with Crippen LogP contribution in [-0.4, -0.2) is 41.4 Å². The summed E-state index contributed by atoms with van der Waals surface area (Å²) >= 11 is 0. The smallest absolute Gasteiger partial charge is 0.181 e. The van der Waals surface area contributed by atoms with E-state index in [0.29, 0.717) is 12.5 Å². The van der Waals surface area contributed by atoms with Crippen LogP contribution in [0.15, 0.2) is 91.3 Å². The van der Waals surface area contributed by atoms with E-state index in [0.717, 1.165) is 68.1 Å². The molecule has 0 amide bonds. The number of aryl methyl sites for hydroxylation is 1. The molecule has 4 heterocycles. The van der Waals surface area contributed by atoms with Crippen molar-refractivity contribution in [2.45, 2.75) is 73.4 Å². The summed E-state index contributed by atoms with van der Waals surface area (Å²) in [4.78, 5) is 4.92. The maximum Gasteiger partial charge on any atom is 0.181 e. The van der Waals surface area contributed by atoms with E-state index in [1.807, 2.05) is 37.6 Å². The van der Waals surface area contributed by atoms with Crippen LogP contribution in [0.2, 0.25) is 0 Å². The Kier molecular flexibility index (Phi) is 9.44. The molecule has 8 nitrogen and oxygen atoms in total. The van der Waals surface area contributed by atoms with Gasteiger partial charge in [0, 0.05) is 52.4 Å². The first kappa shape index (κ1) is 32.7. The molecule has 0 bridgehead atoms. The van der Waals surface area contributed by atoms with E-state index < -0.39 is 0 Å². The first-order valence-corrected chi connectivity index (χ1v) is 16.9. The fourth-order valence-corrected chi connectivity index (χ4v) is 6.50. The third kappa shape index (κ3) is 6.35. The van der Waals surface area contributed by atoms with Crippen molar-refractivity contribution in [3.8, 4) is 22.7 Å². The van der Waals surface area contributed by atoms with E-state index in [4.69, 9.17) is 25.0 Å². The lowest BCUT2D eigenvalue weighted by molar-refractivity contribution is 0.414. The normalized spacial score (nSPS) is 12.0. The highest BCUT2D eigenvalue weighted by Gasteiger charge is 2.23. The van der Waals surface area contributed by atoms with Gasteiger partial charge >= 0.3 is 0 Å². The number of pyridine rings is 1. The third-order valence-corrected chi connectivity index (χ3v) is 8.86. The van der Waals surface area contributed by atoms with Crippen molar-refractivity contribution in [3.63, 3.8) is 0 Å².